The van der Waals surface area contributed by atoms with E-state index in [1.54, 1.807) is 24.9 Å². The van der Waals surface area contributed by atoms with Crippen molar-refractivity contribution in [3.05, 3.63) is 119 Å². The number of likely N-dealkylation sites (tertiary alicyclic amines) is 1. The molecule has 0 spiro atoms. The van der Waals surface area contributed by atoms with Crippen LogP contribution in [0.3, 0.4) is 0 Å². The van der Waals surface area contributed by atoms with E-state index in [9.17, 15) is 14.7 Å². The van der Waals surface area contributed by atoms with Crippen LogP contribution in [0.2, 0.25) is 0 Å². The lowest BCUT2D eigenvalue weighted by Gasteiger charge is -2.24. The number of amides is 1. The molecule has 1 amide bonds. The molecule has 49 heavy (non-hydrogen) atoms. The fourth-order valence-electron chi connectivity index (χ4n) is 5.93. The number of aliphatic carboxylic acids is 1. The summed E-state index contributed by atoms with van der Waals surface area (Å²) in [7, 11) is 1.76. The van der Waals surface area contributed by atoms with Gasteiger partial charge >= 0.3 is 5.97 Å². The zero-order valence-corrected chi connectivity index (χ0v) is 31.5. The number of carbonyl (C=O) groups excluding carboxylic acids is 1. The van der Waals surface area contributed by atoms with Crippen LogP contribution in [0.4, 0.5) is 0 Å². The number of benzene rings is 3. The smallest absolute Gasteiger partial charge is 0.326 e. The lowest BCUT2D eigenvalue weighted by Crippen LogP contribution is -2.41. The van der Waals surface area contributed by atoms with Gasteiger partial charge in [-0.2, -0.15) is 11.8 Å². The molecule has 1 saturated heterocycles. The van der Waals surface area contributed by atoms with E-state index in [2.05, 4.69) is 67.0 Å². The number of thioether (sulfide) groups is 1. The minimum absolute atomic E-state index is 0.330. The number of methoxy groups -OCH3 is 1. The molecule has 3 atom stereocenters. The first-order valence-corrected chi connectivity index (χ1v) is 18.7. The molecule has 1 aliphatic heterocycles. The molecule has 1 aliphatic rings. The van der Waals surface area contributed by atoms with Crippen molar-refractivity contribution in [3.63, 3.8) is 0 Å². The highest BCUT2D eigenvalue weighted by molar-refractivity contribution is 7.98. The van der Waals surface area contributed by atoms with Crippen molar-refractivity contribution < 1.29 is 19.4 Å². The molecule has 1 heterocycles. The molecule has 3 unspecified atom stereocenters. The molecule has 2 N–H and O–H groups in total. The van der Waals surface area contributed by atoms with Crippen LogP contribution in [0.25, 0.3) is 11.1 Å². The second-order valence-electron chi connectivity index (χ2n) is 12.9. The van der Waals surface area contributed by atoms with Gasteiger partial charge in [0.1, 0.15) is 6.04 Å². The summed E-state index contributed by atoms with van der Waals surface area (Å²) in [4.78, 5) is 27.7. The first-order valence-electron chi connectivity index (χ1n) is 17.3. The number of carboxylic acid groups (broad SMARTS) is 1. The van der Waals surface area contributed by atoms with E-state index < -0.39 is 12.0 Å². The molecule has 0 saturated carbocycles. The fourth-order valence-corrected chi connectivity index (χ4v) is 6.40. The maximum atomic E-state index is 13.4. The molecule has 7 heteroatoms. The monoisotopic (exact) mass is 686 g/mol. The van der Waals surface area contributed by atoms with E-state index in [1.165, 1.54) is 17.6 Å². The maximum Gasteiger partial charge on any atom is 0.326 e. The SMILES string of the molecule is C=CC=C(C)C.CCC.COCC1CC(Cc2ccccc2)CN1Cc1ccc(C(=O)NC(CCSC)C(=O)O)c(-c2ccccc2C)c1. The van der Waals surface area contributed by atoms with Crippen LogP contribution in [0.1, 0.15) is 74.0 Å². The van der Waals surface area contributed by atoms with Crippen LogP contribution in [0.5, 0.6) is 0 Å². The van der Waals surface area contributed by atoms with Gasteiger partial charge in [-0.05, 0) is 97.9 Å². The molecule has 0 aliphatic carbocycles. The average Bonchev–Trinajstić information content (AvgIpc) is 3.44. The number of nitrogens with one attached hydrogen (secondary N) is 1. The van der Waals surface area contributed by atoms with Gasteiger partial charge in [-0.3, -0.25) is 9.69 Å². The molecule has 0 radical (unpaired) electrons. The Morgan fingerprint density at radius 2 is 1.71 bits per heavy atom. The molecular weight excluding hydrogens is 629 g/mol. The number of rotatable bonds is 14. The molecular formula is C42H58N2O4S. The molecule has 4 rings (SSSR count). The van der Waals surface area contributed by atoms with Crippen molar-refractivity contribution in [2.75, 3.05) is 32.3 Å². The van der Waals surface area contributed by atoms with E-state index in [4.69, 9.17) is 4.74 Å². The second-order valence-corrected chi connectivity index (χ2v) is 13.8. The van der Waals surface area contributed by atoms with Crippen LogP contribution >= 0.6 is 11.8 Å². The van der Waals surface area contributed by atoms with Gasteiger partial charge < -0.3 is 15.2 Å². The van der Waals surface area contributed by atoms with Crippen LogP contribution in [0.15, 0.2) is 97.1 Å². The lowest BCUT2D eigenvalue weighted by molar-refractivity contribution is -0.139. The van der Waals surface area contributed by atoms with Gasteiger partial charge in [-0.25, -0.2) is 4.79 Å². The Morgan fingerprint density at radius 3 is 2.29 bits per heavy atom. The highest BCUT2D eigenvalue weighted by Gasteiger charge is 2.32. The third kappa shape index (κ3) is 14.4. The van der Waals surface area contributed by atoms with E-state index in [0.717, 1.165) is 48.2 Å². The summed E-state index contributed by atoms with van der Waals surface area (Å²) < 4.78 is 5.59. The third-order valence-corrected chi connectivity index (χ3v) is 8.80. The predicted molar refractivity (Wildman–Crippen MR) is 208 cm³/mol. The number of aryl methyl sites for hydroxylation is 1. The number of ether oxygens (including phenoxy) is 1. The normalized spacial score (nSPS) is 15.9. The Labute approximate surface area is 300 Å². The third-order valence-electron chi connectivity index (χ3n) is 8.16. The number of nitrogens with zero attached hydrogens (tertiary/aromatic N) is 1. The number of allylic oxidation sites excluding steroid dienone is 3. The van der Waals surface area contributed by atoms with Gasteiger partial charge in [0, 0.05) is 31.8 Å². The van der Waals surface area contributed by atoms with E-state index in [1.807, 2.05) is 69.5 Å². The molecule has 3 aromatic carbocycles. The van der Waals surface area contributed by atoms with Crippen molar-refractivity contribution in [2.45, 2.75) is 78.9 Å². The predicted octanol–water partition coefficient (Wildman–Crippen LogP) is 9.23. The number of hydrogen-bond donors (Lipinski definition) is 2. The van der Waals surface area contributed by atoms with E-state index in [0.29, 0.717) is 36.3 Å². The number of carboxylic acids is 1. The Morgan fingerprint density at radius 1 is 1.04 bits per heavy atom. The van der Waals surface area contributed by atoms with Crippen LogP contribution in [-0.2, 0) is 22.5 Å². The quantitative estimate of drug-likeness (QED) is 0.165. The topological polar surface area (TPSA) is 78.9 Å². The fraction of sp³-hybridized carbons (Fsp3) is 0.429. The second kappa shape index (κ2) is 22.9. The van der Waals surface area contributed by atoms with Gasteiger partial charge in [0.15, 0.2) is 0 Å². The van der Waals surface area contributed by atoms with Crippen molar-refractivity contribution in [3.8, 4) is 11.1 Å². The summed E-state index contributed by atoms with van der Waals surface area (Å²) in [5.74, 6) is -0.165. The molecule has 6 nitrogen and oxygen atoms in total. The minimum atomic E-state index is -1.01. The van der Waals surface area contributed by atoms with Gasteiger partial charge in [-0.15, -0.1) is 0 Å². The molecule has 3 aromatic rings. The van der Waals surface area contributed by atoms with E-state index >= 15 is 0 Å². The van der Waals surface area contributed by atoms with Gasteiger partial charge in [0.05, 0.1) is 6.61 Å². The van der Waals surface area contributed by atoms with E-state index in [-0.39, 0.29) is 5.91 Å². The standard InChI is InChI=1S/C33H40N2O4S.C6H10.C3H8/c1-23-9-7-8-12-28(23)30-19-25(13-14-29(30)32(36)34-31(33(37)38)15-16-40-3)20-35-21-26(18-27(35)22-39-2)17-24-10-5-4-6-11-24;1-4-5-6(2)3;1-3-2/h4-14,19,26-27,31H,15-18,20-22H2,1-3H3,(H,34,36)(H,37,38);4-5H,1H2,2-3H3;3H2,1-2H3. The Bertz CT molecular complexity index is 1470. The van der Waals surface area contributed by atoms with Crippen LogP contribution in [-0.4, -0.2) is 66.2 Å². The van der Waals surface area contributed by atoms with Crippen LogP contribution in [0, 0.1) is 12.8 Å². The highest BCUT2D eigenvalue weighted by Crippen LogP contribution is 2.32. The lowest BCUT2D eigenvalue weighted by atomic mass is 9.93. The summed E-state index contributed by atoms with van der Waals surface area (Å²) in [5, 5.41) is 12.4. The molecule has 0 aromatic heterocycles. The summed E-state index contributed by atoms with van der Waals surface area (Å²) in [5.41, 5.74) is 7.13. The minimum Gasteiger partial charge on any atom is -0.480 e. The molecule has 0 bridgehead atoms. The van der Waals surface area contributed by atoms with Crippen molar-refractivity contribution in [1.29, 1.82) is 0 Å². The van der Waals surface area contributed by atoms with Crippen molar-refractivity contribution in [1.82, 2.24) is 10.2 Å². The first kappa shape index (κ1) is 41.5. The first-order chi connectivity index (χ1) is 23.6. The number of carbonyl (C=O) groups is 2. The van der Waals surface area contributed by atoms with Crippen molar-refractivity contribution in [2.24, 2.45) is 5.92 Å². The molecule has 1 fully saturated rings. The van der Waals surface area contributed by atoms with Crippen molar-refractivity contribution >= 4 is 23.6 Å². The van der Waals surface area contributed by atoms with Gasteiger partial charge in [0.25, 0.3) is 5.91 Å². The summed E-state index contributed by atoms with van der Waals surface area (Å²) in [6.07, 6.45) is 9.44. The Balaban J connectivity index is 0.000000823. The number of hydrogen-bond acceptors (Lipinski definition) is 5. The summed E-state index contributed by atoms with van der Waals surface area (Å²) in [6.45, 7) is 16.3. The largest absolute Gasteiger partial charge is 0.480 e. The van der Waals surface area contributed by atoms with Crippen LogP contribution < -0.4 is 5.32 Å². The average molecular weight is 687 g/mol. The molecule has 266 valence electrons. The van der Waals surface area contributed by atoms with Gasteiger partial charge in [0.2, 0.25) is 0 Å². The maximum absolute atomic E-state index is 13.4. The Kier molecular flexibility index (Phi) is 19.4. The Hall–Kier alpha value is -3.65. The summed E-state index contributed by atoms with van der Waals surface area (Å²) >= 11 is 1.56. The zero-order chi connectivity index (χ0) is 36.2. The van der Waals surface area contributed by atoms with Gasteiger partial charge in [-0.1, -0.05) is 105 Å². The summed E-state index contributed by atoms with van der Waals surface area (Å²) in [6, 6.07) is 24.0. The highest BCUT2D eigenvalue weighted by atomic mass is 32.2. The zero-order valence-electron chi connectivity index (χ0n) is 30.7.